The van der Waals surface area contributed by atoms with E-state index in [1.165, 1.54) is 29.6 Å². The van der Waals surface area contributed by atoms with Gasteiger partial charge in [0.05, 0.1) is 27.6 Å². The van der Waals surface area contributed by atoms with Gasteiger partial charge in [0.15, 0.2) is 0 Å². The molecule has 0 saturated carbocycles. The molecular formula is C22H21ClN2O5S2. The molecule has 0 unspecified atom stereocenters. The molecule has 168 valence electrons. The Balaban J connectivity index is 1.64. The number of sulfonamides is 2. The number of rotatable bonds is 6. The lowest BCUT2D eigenvalue weighted by molar-refractivity contribution is 0.414. The molecule has 1 aliphatic rings. The van der Waals surface area contributed by atoms with Crippen molar-refractivity contribution in [3.05, 3.63) is 77.3 Å². The van der Waals surface area contributed by atoms with Crippen LogP contribution in [0.5, 0.6) is 5.75 Å². The van der Waals surface area contributed by atoms with Crippen molar-refractivity contribution in [2.75, 3.05) is 22.7 Å². The number of halogens is 1. The van der Waals surface area contributed by atoms with Gasteiger partial charge in [0, 0.05) is 12.2 Å². The maximum atomic E-state index is 13.1. The molecule has 0 aromatic heterocycles. The lowest BCUT2D eigenvalue weighted by atomic mass is 10.0. The van der Waals surface area contributed by atoms with E-state index >= 15 is 0 Å². The number of nitrogens with zero attached hydrogens (tertiary/aromatic N) is 1. The molecule has 0 atom stereocenters. The molecule has 3 aromatic carbocycles. The van der Waals surface area contributed by atoms with E-state index in [0.29, 0.717) is 36.5 Å². The summed E-state index contributed by atoms with van der Waals surface area (Å²) in [7, 11) is -6.16. The molecule has 0 bridgehead atoms. The third-order valence-corrected chi connectivity index (χ3v) is 8.67. The molecule has 10 heteroatoms. The van der Waals surface area contributed by atoms with Crippen LogP contribution in [0.4, 0.5) is 11.4 Å². The van der Waals surface area contributed by atoms with Gasteiger partial charge >= 0.3 is 0 Å². The average Bonchev–Trinajstić information content (AvgIpc) is 2.78. The largest absolute Gasteiger partial charge is 0.495 e. The molecule has 0 radical (unpaired) electrons. The van der Waals surface area contributed by atoms with Crippen LogP contribution in [0.3, 0.4) is 0 Å². The minimum absolute atomic E-state index is 0.00528. The first-order chi connectivity index (χ1) is 15.2. The zero-order chi connectivity index (χ0) is 22.9. The highest BCUT2D eigenvalue weighted by molar-refractivity contribution is 7.93. The first kappa shape index (κ1) is 22.4. The van der Waals surface area contributed by atoms with E-state index < -0.39 is 20.0 Å². The van der Waals surface area contributed by atoms with Crippen LogP contribution in [0.25, 0.3) is 0 Å². The van der Waals surface area contributed by atoms with Gasteiger partial charge in [-0.1, -0.05) is 29.8 Å². The van der Waals surface area contributed by atoms with Crippen molar-refractivity contribution < 1.29 is 21.6 Å². The van der Waals surface area contributed by atoms with Gasteiger partial charge in [-0.25, -0.2) is 16.8 Å². The Morgan fingerprint density at radius 3 is 2.38 bits per heavy atom. The summed E-state index contributed by atoms with van der Waals surface area (Å²) in [5.74, 6) is 0.374. The maximum Gasteiger partial charge on any atom is 0.264 e. The van der Waals surface area contributed by atoms with Gasteiger partial charge in [-0.15, -0.1) is 0 Å². The lowest BCUT2D eigenvalue weighted by Crippen LogP contribution is -2.35. The van der Waals surface area contributed by atoms with Crippen LogP contribution >= 0.6 is 11.6 Å². The van der Waals surface area contributed by atoms with Crippen LogP contribution < -0.4 is 13.8 Å². The quantitative estimate of drug-likeness (QED) is 0.554. The number of hydrogen-bond donors (Lipinski definition) is 1. The number of methoxy groups -OCH3 is 1. The number of nitrogens with one attached hydrogen (secondary N) is 1. The zero-order valence-electron chi connectivity index (χ0n) is 17.2. The molecule has 1 aliphatic heterocycles. The Bertz CT molecular complexity index is 1360. The molecule has 0 fully saturated rings. The first-order valence-corrected chi connectivity index (χ1v) is 13.1. The molecule has 7 nitrogen and oxygen atoms in total. The van der Waals surface area contributed by atoms with Crippen LogP contribution in [0.2, 0.25) is 5.02 Å². The van der Waals surface area contributed by atoms with Gasteiger partial charge in [0.25, 0.3) is 20.0 Å². The molecule has 0 spiro atoms. The summed E-state index contributed by atoms with van der Waals surface area (Å²) < 4.78 is 60.9. The lowest BCUT2D eigenvalue weighted by Gasteiger charge is -2.31. The van der Waals surface area contributed by atoms with Crippen LogP contribution in [-0.2, 0) is 26.5 Å². The summed E-state index contributed by atoms with van der Waals surface area (Å²) in [4.78, 5) is 0.211. The summed E-state index contributed by atoms with van der Waals surface area (Å²) in [6.45, 7) is 0.361. The summed E-state index contributed by atoms with van der Waals surface area (Å²) in [5.41, 5.74) is 1.65. The predicted octanol–water partition coefficient (Wildman–Crippen LogP) is 4.29. The van der Waals surface area contributed by atoms with E-state index in [2.05, 4.69) is 4.72 Å². The molecule has 0 saturated heterocycles. The van der Waals surface area contributed by atoms with Gasteiger partial charge in [0.2, 0.25) is 0 Å². The summed E-state index contributed by atoms with van der Waals surface area (Å²) >= 11 is 6.06. The van der Waals surface area contributed by atoms with Crippen molar-refractivity contribution in [1.82, 2.24) is 0 Å². The first-order valence-electron chi connectivity index (χ1n) is 9.79. The van der Waals surface area contributed by atoms with Crippen molar-refractivity contribution in [3.8, 4) is 5.75 Å². The second-order valence-electron chi connectivity index (χ2n) is 7.24. The minimum atomic E-state index is -3.89. The molecule has 0 aliphatic carbocycles. The van der Waals surface area contributed by atoms with Crippen molar-refractivity contribution >= 4 is 43.0 Å². The van der Waals surface area contributed by atoms with Gasteiger partial charge in [0.1, 0.15) is 5.75 Å². The molecular weight excluding hydrogens is 472 g/mol. The number of aryl methyl sites for hydroxylation is 1. The SMILES string of the molecule is COc1ccc(S(=O)(=O)Nc2ccc3c(c2)CCCN3S(=O)(=O)c2ccccc2)cc1Cl. The zero-order valence-corrected chi connectivity index (χ0v) is 19.5. The van der Waals surface area contributed by atoms with Crippen LogP contribution in [0, 0.1) is 0 Å². The van der Waals surface area contributed by atoms with Gasteiger partial charge in [-0.05, 0) is 66.9 Å². The van der Waals surface area contributed by atoms with E-state index in [0.717, 1.165) is 5.56 Å². The topological polar surface area (TPSA) is 92.8 Å². The second kappa shape index (κ2) is 8.65. The summed E-state index contributed by atoms with van der Waals surface area (Å²) in [6.07, 6.45) is 1.27. The third-order valence-electron chi connectivity index (χ3n) is 5.17. The smallest absolute Gasteiger partial charge is 0.264 e. The highest BCUT2D eigenvalue weighted by atomic mass is 35.5. The number of hydrogen-bond acceptors (Lipinski definition) is 5. The van der Waals surface area contributed by atoms with Crippen molar-refractivity contribution in [2.24, 2.45) is 0 Å². The van der Waals surface area contributed by atoms with Gasteiger partial charge in [-0.3, -0.25) is 9.03 Å². The Kier molecular flexibility index (Phi) is 6.07. The fraction of sp³-hybridized carbons (Fsp3) is 0.182. The number of benzene rings is 3. The Morgan fingerprint density at radius 2 is 1.69 bits per heavy atom. The van der Waals surface area contributed by atoms with E-state index in [-0.39, 0.29) is 14.8 Å². The summed E-state index contributed by atoms with van der Waals surface area (Å²) in [6, 6.07) is 17.3. The van der Waals surface area contributed by atoms with Crippen molar-refractivity contribution in [3.63, 3.8) is 0 Å². The second-order valence-corrected chi connectivity index (χ2v) is 11.2. The Labute approximate surface area is 192 Å². The Morgan fingerprint density at radius 1 is 0.938 bits per heavy atom. The van der Waals surface area contributed by atoms with Crippen LogP contribution in [0.1, 0.15) is 12.0 Å². The van der Waals surface area contributed by atoms with Crippen molar-refractivity contribution in [1.29, 1.82) is 0 Å². The average molecular weight is 493 g/mol. The monoisotopic (exact) mass is 492 g/mol. The fourth-order valence-corrected chi connectivity index (χ4v) is 6.58. The van der Waals surface area contributed by atoms with Crippen LogP contribution in [0.15, 0.2) is 76.5 Å². The molecule has 1 N–H and O–H groups in total. The van der Waals surface area contributed by atoms with Crippen molar-refractivity contribution in [2.45, 2.75) is 22.6 Å². The predicted molar refractivity (Wildman–Crippen MR) is 125 cm³/mol. The van der Waals surface area contributed by atoms with E-state index in [9.17, 15) is 16.8 Å². The summed E-state index contributed by atoms with van der Waals surface area (Å²) in [5, 5.41) is 0.183. The highest BCUT2D eigenvalue weighted by Gasteiger charge is 2.29. The molecule has 1 heterocycles. The van der Waals surface area contributed by atoms with E-state index in [1.807, 2.05) is 0 Å². The number of ether oxygens (including phenoxy) is 1. The molecule has 0 amide bonds. The van der Waals surface area contributed by atoms with E-state index in [1.54, 1.807) is 48.5 Å². The molecule has 3 aromatic rings. The standard InChI is InChI=1S/C22H21ClN2O5S2/c1-30-22-12-10-19(15-20(22)23)31(26,27)24-17-9-11-21-16(14-17)6-5-13-25(21)32(28,29)18-7-3-2-4-8-18/h2-4,7-12,14-15,24H,5-6,13H2,1H3. The maximum absolute atomic E-state index is 13.1. The van der Waals surface area contributed by atoms with E-state index in [4.69, 9.17) is 16.3 Å². The number of fused-ring (bicyclic) bond motifs is 1. The fourth-order valence-electron chi connectivity index (χ4n) is 3.62. The van der Waals surface area contributed by atoms with Crippen LogP contribution in [-0.4, -0.2) is 30.5 Å². The van der Waals surface area contributed by atoms with Gasteiger partial charge in [-0.2, -0.15) is 0 Å². The Hall–Kier alpha value is -2.75. The molecule has 4 rings (SSSR count). The van der Waals surface area contributed by atoms with Gasteiger partial charge < -0.3 is 4.74 Å². The minimum Gasteiger partial charge on any atom is -0.495 e. The molecule has 32 heavy (non-hydrogen) atoms. The third kappa shape index (κ3) is 4.28. The number of anilines is 2. The highest BCUT2D eigenvalue weighted by Crippen LogP contribution is 2.34. The normalized spacial score (nSPS) is 14.0.